The summed E-state index contributed by atoms with van der Waals surface area (Å²) in [4.78, 5) is 25.2. The summed E-state index contributed by atoms with van der Waals surface area (Å²) in [5.74, 6) is -0.640. The lowest BCUT2D eigenvalue weighted by Gasteiger charge is -2.26. The molecule has 1 saturated heterocycles. The number of benzene rings is 1. The molecule has 2 rings (SSSR count). The van der Waals surface area contributed by atoms with E-state index in [1.54, 1.807) is 18.2 Å². The molecule has 1 heterocycles. The number of amides is 1. The minimum Gasteiger partial charge on any atom is -0.480 e. The van der Waals surface area contributed by atoms with E-state index in [2.05, 4.69) is 0 Å². The molecule has 1 aromatic carbocycles. The second kappa shape index (κ2) is 6.50. The molecule has 1 fully saturated rings. The Hall–Kier alpha value is -1.20. The Labute approximate surface area is 127 Å². The fraction of sp³-hybridized carbons (Fsp3) is 0.429. The highest BCUT2D eigenvalue weighted by Crippen LogP contribution is 2.32. The van der Waals surface area contributed by atoms with Crippen LogP contribution in [0, 0.1) is 0 Å². The monoisotopic (exact) mass is 313 g/mol. The molecule has 0 saturated carbocycles. The summed E-state index contributed by atoms with van der Waals surface area (Å²) in [6.45, 7) is 1.96. The third-order valence-corrected chi connectivity index (χ3v) is 4.95. The Kier molecular flexibility index (Phi) is 4.94. The smallest absolute Gasteiger partial charge is 0.327 e. The predicted octanol–water partition coefficient (Wildman–Crippen LogP) is 2.65. The van der Waals surface area contributed by atoms with E-state index in [1.165, 1.54) is 16.7 Å². The summed E-state index contributed by atoms with van der Waals surface area (Å²) in [7, 11) is 0. The largest absolute Gasteiger partial charge is 0.480 e. The Bertz CT molecular complexity index is 523. The zero-order valence-electron chi connectivity index (χ0n) is 11.1. The van der Waals surface area contributed by atoms with Crippen LogP contribution in [0.1, 0.15) is 18.9 Å². The normalized spacial score (nSPS) is 22.0. The van der Waals surface area contributed by atoms with Gasteiger partial charge in [0.25, 0.3) is 0 Å². The van der Waals surface area contributed by atoms with Crippen molar-refractivity contribution in [2.45, 2.75) is 31.2 Å². The lowest BCUT2D eigenvalue weighted by molar-refractivity contribution is -0.148. The average molecular weight is 314 g/mol. The van der Waals surface area contributed by atoms with E-state index in [0.29, 0.717) is 10.8 Å². The molecular formula is C14H16ClNO3S. The lowest BCUT2D eigenvalue weighted by atomic mass is 10.1. The van der Waals surface area contributed by atoms with E-state index in [0.717, 1.165) is 12.0 Å². The molecule has 1 amide bonds. The van der Waals surface area contributed by atoms with Crippen LogP contribution in [0.4, 0.5) is 0 Å². The van der Waals surface area contributed by atoms with Crippen LogP contribution in [-0.4, -0.2) is 39.1 Å². The van der Waals surface area contributed by atoms with Crippen LogP contribution in [0.5, 0.6) is 0 Å². The summed E-state index contributed by atoms with van der Waals surface area (Å²) in [5.41, 5.74) is 0.804. The van der Waals surface area contributed by atoms with Crippen LogP contribution in [0.2, 0.25) is 5.02 Å². The lowest BCUT2D eigenvalue weighted by Crippen LogP contribution is -2.46. The molecule has 0 radical (unpaired) electrons. The summed E-state index contributed by atoms with van der Waals surface area (Å²) in [5, 5.41) is 9.75. The van der Waals surface area contributed by atoms with Crippen molar-refractivity contribution in [1.82, 2.24) is 4.90 Å². The van der Waals surface area contributed by atoms with Gasteiger partial charge in [-0.3, -0.25) is 4.79 Å². The number of carboxylic acid groups (broad SMARTS) is 1. The van der Waals surface area contributed by atoms with Crippen LogP contribution in [0.15, 0.2) is 24.3 Å². The number of halogens is 1. The predicted molar refractivity (Wildman–Crippen MR) is 80.0 cm³/mol. The van der Waals surface area contributed by atoms with E-state index in [-0.39, 0.29) is 17.7 Å². The molecule has 1 aliphatic heterocycles. The maximum absolute atomic E-state index is 12.4. The maximum Gasteiger partial charge on any atom is 0.327 e. The summed E-state index contributed by atoms with van der Waals surface area (Å²) in [6.07, 6.45) is 0.928. The van der Waals surface area contributed by atoms with E-state index in [1.807, 2.05) is 13.0 Å². The quantitative estimate of drug-likeness (QED) is 0.928. The van der Waals surface area contributed by atoms with Gasteiger partial charge in [0.05, 0.1) is 11.8 Å². The molecular weight excluding hydrogens is 298 g/mol. The molecule has 0 aromatic heterocycles. The van der Waals surface area contributed by atoms with Crippen molar-refractivity contribution in [2.24, 2.45) is 0 Å². The number of aliphatic carboxylic acids is 1. The fourth-order valence-corrected chi connectivity index (χ4v) is 3.90. The number of nitrogens with zero attached hydrogens (tertiary/aromatic N) is 1. The highest BCUT2D eigenvalue weighted by molar-refractivity contribution is 8.00. The number of rotatable bonds is 4. The zero-order valence-corrected chi connectivity index (χ0v) is 12.7. The molecule has 2 atom stereocenters. The van der Waals surface area contributed by atoms with Gasteiger partial charge in [0, 0.05) is 10.8 Å². The Morgan fingerprint density at radius 3 is 2.85 bits per heavy atom. The first kappa shape index (κ1) is 15.2. The Balaban J connectivity index is 2.15. The molecule has 1 N–H and O–H groups in total. The fourth-order valence-electron chi connectivity index (χ4n) is 2.32. The van der Waals surface area contributed by atoms with E-state index < -0.39 is 12.0 Å². The minimum absolute atomic E-state index is 0.0530. The second-order valence-corrected chi connectivity index (χ2v) is 6.31. The molecule has 0 spiro atoms. The molecule has 20 heavy (non-hydrogen) atoms. The van der Waals surface area contributed by atoms with Gasteiger partial charge in [0.2, 0.25) is 5.91 Å². The zero-order chi connectivity index (χ0) is 14.7. The first-order chi connectivity index (χ1) is 9.52. The van der Waals surface area contributed by atoms with Crippen LogP contribution in [0.3, 0.4) is 0 Å². The SMILES string of the molecule is CCC1SCC(C(=O)O)N1C(=O)Cc1cccc(Cl)c1. The minimum atomic E-state index is -0.937. The number of hydrogen-bond donors (Lipinski definition) is 1. The Morgan fingerprint density at radius 2 is 2.25 bits per heavy atom. The molecule has 4 nitrogen and oxygen atoms in total. The van der Waals surface area contributed by atoms with Gasteiger partial charge in [-0.2, -0.15) is 0 Å². The number of thioether (sulfide) groups is 1. The highest BCUT2D eigenvalue weighted by Gasteiger charge is 2.40. The molecule has 1 aromatic rings. The number of carboxylic acids is 1. The third kappa shape index (κ3) is 3.27. The van der Waals surface area contributed by atoms with Gasteiger partial charge in [-0.15, -0.1) is 11.8 Å². The van der Waals surface area contributed by atoms with Gasteiger partial charge < -0.3 is 10.0 Å². The highest BCUT2D eigenvalue weighted by atomic mass is 35.5. The molecule has 2 unspecified atom stereocenters. The molecule has 108 valence electrons. The van der Waals surface area contributed by atoms with Gasteiger partial charge in [-0.25, -0.2) is 4.79 Å². The first-order valence-electron chi connectivity index (χ1n) is 6.43. The molecule has 1 aliphatic rings. The third-order valence-electron chi connectivity index (χ3n) is 3.26. The van der Waals surface area contributed by atoms with Crippen LogP contribution in [-0.2, 0) is 16.0 Å². The van der Waals surface area contributed by atoms with Crippen molar-refractivity contribution in [3.8, 4) is 0 Å². The Morgan fingerprint density at radius 1 is 1.50 bits per heavy atom. The molecule has 0 bridgehead atoms. The van der Waals surface area contributed by atoms with E-state index in [4.69, 9.17) is 11.6 Å². The van der Waals surface area contributed by atoms with Crippen molar-refractivity contribution >= 4 is 35.2 Å². The molecule has 0 aliphatic carbocycles. The van der Waals surface area contributed by atoms with Gasteiger partial charge in [0.1, 0.15) is 6.04 Å². The number of carbonyl (C=O) groups excluding carboxylic acids is 1. The maximum atomic E-state index is 12.4. The standard InChI is InChI=1S/C14H16ClNO3S/c1-2-13-16(11(8-20-13)14(18)19)12(17)7-9-4-3-5-10(15)6-9/h3-6,11,13H,2,7-8H2,1H3,(H,18,19). The summed E-state index contributed by atoms with van der Waals surface area (Å²) >= 11 is 7.43. The first-order valence-corrected chi connectivity index (χ1v) is 7.85. The topological polar surface area (TPSA) is 57.6 Å². The van der Waals surface area contributed by atoms with Gasteiger partial charge in [-0.05, 0) is 24.1 Å². The van der Waals surface area contributed by atoms with Crippen molar-refractivity contribution in [2.75, 3.05) is 5.75 Å². The van der Waals surface area contributed by atoms with Crippen molar-refractivity contribution in [3.05, 3.63) is 34.9 Å². The van der Waals surface area contributed by atoms with Crippen LogP contribution < -0.4 is 0 Å². The van der Waals surface area contributed by atoms with Gasteiger partial charge in [0.15, 0.2) is 0 Å². The number of hydrogen-bond acceptors (Lipinski definition) is 3. The van der Waals surface area contributed by atoms with Crippen molar-refractivity contribution in [3.63, 3.8) is 0 Å². The van der Waals surface area contributed by atoms with Crippen molar-refractivity contribution < 1.29 is 14.7 Å². The van der Waals surface area contributed by atoms with E-state index >= 15 is 0 Å². The van der Waals surface area contributed by atoms with E-state index in [9.17, 15) is 14.7 Å². The molecule has 6 heteroatoms. The average Bonchev–Trinajstić information content (AvgIpc) is 2.82. The van der Waals surface area contributed by atoms with Crippen molar-refractivity contribution in [1.29, 1.82) is 0 Å². The summed E-state index contributed by atoms with van der Waals surface area (Å²) < 4.78 is 0. The van der Waals surface area contributed by atoms with Gasteiger partial charge >= 0.3 is 5.97 Å². The summed E-state index contributed by atoms with van der Waals surface area (Å²) in [6, 6.07) is 6.37. The number of carbonyl (C=O) groups is 2. The van der Waals surface area contributed by atoms with Crippen LogP contribution in [0.25, 0.3) is 0 Å². The van der Waals surface area contributed by atoms with Crippen LogP contribution >= 0.6 is 23.4 Å². The second-order valence-electron chi connectivity index (χ2n) is 4.66. The van der Waals surface area contributed by atoms with Gasteiger partial charge in [-0.1, -0.05) is 30.7 Å².